The summed E-state index contributed by atoms with van der Waals surface area (Å²) in [5.74, 6) is 0. The second-order valence-corrected chi connectivity index (χ2v) is 3.40. The topological polar surface area (TPSA) is 6.48 Å². The van der Waals surface area contributed by atoms with Crippen molar-refractivity contribution in [3.8, 4) is 0 Å². The molecule has 11 heavy (non-hydrogen) atoms. The third kappa shape index (κ3) is 1.91. The van der Waals surface area contributed by atoms with Crippen LogP contribution in [-0.4, -0.2) is 55.7 Å². The predicted octanol–water partition coefficient (Wildman–Crippen LogP) is 0.590. The van der Waals surface area contributed by atoms with Crippen LogP contribution in [-0.2, 0) is 0 Å². The molecular formula is C8H17FN2. The third-order valence-electron chi connectivity index (χ3n) is 2.41. The van der Waals surface area contributed by atoms with E-state index in [0.717, 1.165) is 13.1 Å². The first kappa shape index (κ1) is 8.94. The van der Waals surface area contributed by atoms with Gasteiger partial charge in [-0.25, -0.2) is 4.39 Å². The lowest BCUT2D eigenvalue weighted by molar-refractivity contribution is 0.202. The van der Waals surface area contributed by atoms with E-state index < -0.39 is 6.17 Å². The molecule has 1 aliphatic rings. The van der Waals surface area contributed by atoms with Crippen LogP contribution in [0.4, 0.5) is 4.39 Å². The Hall–Kier alpha value is -0.150. The molecule has 1 rings (SSSR count). The van der Waals surface area contributed by atoms with Crippen LogP contribution in [0, 0.1) is 0 Å². The highest BCUT2D eigenvalue weighted by Gasteiger charge is 2.32. The molecule has 0 bridgehead atoms. The molecule has 0 saturated carbocycles. The summed E-state index contributed by atoms with van der Waals surface area (Å²) in [7, 11) is 3.88. The first-order valence-corrected chi connectivity index (χ1v) is 4.18. The van der Waals surface area contributed by atoms with Crippen molar-refractivity contribution < 1.29 is 4.39 Å². The van der Waals surface area contributed by atoms with Gasteiger partial charge in [-0.3, -0.25) is 4.90 Å². The summed E-state index contributed by atoms with van der Waals surface area (Å²) in [6.45, 7) is 4.53. The lowest BCUT2D eigenvalue weighted by Gasteiger charge is -2.20. The molecule has 0 amide bonds. The maximum atomic E-state index is 13.2. The zero-order valence-electron chi connectivity index (χ0n) is 7.55. The predicted molar refractivity (Wildman–Crippen MR) is 44.5 cm³/mol. The van der Waals surface area contributed by atoms with E-state index in [0.29, 0.717) is 6.54 Å². The van der Waals surface area contributed by atoms with Crippen LogP contribution in [0.3, 0.4) is 0 Å². The van der Waals surface area contributed by atoms with Crippen molar-refractivity contribution >= 4 is 0 Å². The molecule has 1 saturated heterocycles. The minimum Gasteiger partial charge on any atom is -0.302 e. The lowest BCUT2D eigenvalue weighted by atomic mass is 10.2. The number of nitrogens with zero attached hydrogens (tertiary/aromatic N) is 2. The molecule has 0 spiro atoms. The van der Waals surface area contributed by atoms with Gasteiger partial charge in [-0.1, -0.05) is 6.92 Å². The number of rotatable bonds is 2. The summed E-state index contributed by atoms with van der Waals surface area (Å²) in [6.07, 6.45) is -0.662. The van der Waals surface area contributed by atoms with E-state index in [9.17, 15) is 4.39 Å². The molecule has 66 valence electrons. The van der Waals surface area contributed by atoms with Crippen LogP contribution < -0.4 is 0 Å². The molecule has 1 aliphatic heterocycles. The van der Waals surface area contributed by atoms with Gasteiger partial charge in [0.1, 0.15) is 6.17 Å². The standard InChI is InChI=1S/C8H17FN2/c1-4-11-5-7(9)8(6-11)10(2)3/h7-8H,4-6H2,1-3H3. The van der Waals surface area contributed by atoms with Crippen LogP contribution in [0.1, 0.15) is 6.92 Å². The van der Waals surface area contributed by atoms with Crippen LogP contribution in [0.2, 0.25) is 0 Å². The second-order valence-electron chi connectivity index (χ2n) is 3.40. The van der Waals surface area contributed by atoms with Gasteiger partial charge >= 0.3 is 0 Å². The zero-order chi connectivity index (χ0) is 8.43. The molecule has 2 atom stereocenters. The number of alkyl halides is 1. The van der Waals surface area contributed by atoms with Gasteiger partial charge in [0.2, 0.25) is 0 Å². The first-order valence-electron chi connectivity index (χ1n) is 4.18. The molecule has 2 nitrogen and oxygen atoms in total. The van der Waals surface area contributed by atoms with E-state index in [4.69, 9.17) is 0 Å². The summed E-state index contributed by atoms with van der Waals surface area (Å²) < 4.78 is 13.2. The van der Waals surface area contributed by atoms with Crippen molar-refractivity contribution in [3.63, 3.8) is 0 Å². The van der Waals surface area contributed by atoms with Crippen LogP contribution in [0.5, 0.6) is 0 Å². The highest BCUT2D eigenvalue weighted by Crippen LogP contribution is 2.16. The van der Waals surface area contributed by atoms with E-state index in [1.54, 1.807) is 0 Å². The van der Waals surface area contributed by atoms with E-state index in [1.807, 2.05) is 19.0 Å². The SMILES string of the molecule is CCN1CC(F)C(N(C)C)C1. The van der Waals surface area contributed by atoms with E-state index in [-0.39, 0.29) is 6.04 Å². The smallest absolute Gasteiger partial charge is 0.129 e. The molecular weight excluding hydrogens is 143 g/mol. The third-order valence-corrected chi connectivity index (χ3v) is 2.41. The Kier molecular flexibility index (Phi) is 2.84. The highest BCUT2D eigenvalue weighted by molar-refractivity contribution is 4.88. The molecule has 2 unspecified atom stereocenters. The minimum atomic E-state index is -0.662. The number of hydrogen-bond acceptors (Lipinski definition) is 2. The molecule has 3 heteroatoms. The number of likely N-dealkylation sites (N-methyl/N-ethyl adjacent to an activating group) is 2. The first-order chi connectivity index (χ1) is 5.15. The highest BCUT2D eigenvalue weighted by atomic mass is 19.1. The largest absolute Gasteiger partial charge is 0.302 e. The normalized spacial score (nSPS) is 33.5. The van der Waals surface area contributed by atoms with E-state index >= 15 is 0 Å². The fraction of sp³-hybridized carbons (Fsp3) is 1.00. The Morgan fingerprint density at radius 2 is 2.09 bits per heavy atom. The molecule has 1 heterocycles. The van der Waals surface area contributed by atoms with Crippen molar-refractivity contribution in [1.29, 1.82) is 0 Å². The van der Waals surface area contributed by atoms with Crippen molar-refractivity contribution in [3.05, 3.63) is 0 Å². The molecule has 0 N–H and O–H groups in total. The molecule has 0 aliphatic carbocycles. The summed E-state index contributed by atoms with van der Waals surface area (Å²) >= 11 is 0. The van der Waals surface area contributed by atoms with Gasteiger partial charge in [-0.2, -0.15) is 0 Å². The Morgan fingerprint density at radius 3 is 2.36 bits per heavy atom. The van der Waals surface area contributed by atoms with Gasteiger partial charge < -0.3 is 4.90 Å². The van der Waals surface area contributed by atoms with E-state index in [1.165, 1.54) is 0 Å². The maximum absolute atomic E-state index is 13.2. The minimum absolute atomic E-state index is 0.106. The molecule has 0 aromatic heterocycles. The quantitative estimate of drug-likeness (QED) is 0.583. The Labute approximate surface area is 68.0 Å². The van der Waals surface area contributed by atoms with Gasteiger partial charge in [-0.05, 0) is 20.6 Å². The van der Waals surface area contributed by atoms with Crippen molar-refractivity contribution in [2.24, 2.45) is 0 Å². The van der Waals surface area contributed by atoms with Gasteiger partial charge in [0, 0.05) is 13.1 Å². The van der Waals surface area contributed by atoms with Crippen molar-refractivity contribution in [1.82, 2.24) is 9.80 Å². The van der Waals surface area contributed by atoms with Crippen molar-refractivity contribution in [2.45, 2.75) is 19.1 Å². The Morgan fingerprint density at radius 1 is 1.45 bits per heavy atom. The molecule has 0 aromatic carbocycles. The summed E-state index contributed by atoms with van der Waals surface area (Å²) in [5, 5.41) is 0. The second kappa shape index (κ2) is 3.50. The fourth-order valence-electron chi connectivity index (χ4n) is 1.57. The number of hydrogen-bond donors (Lipinski definition) is 0. The summed E-state index contributed by atoms with van der Waals surface area (Å²) in [6, 6.07) is 0.106. The Balaban J connectivity index is 2.45. The van der Waals surface area contributed by atoms with Crippen LogP contribution >= 0.6 is 0 Å². The van der Waals surface area contributed by atoms with Gasteiger partial charge in [-0.15, -0.1) is 0 Å². The maximum Gasteiger partial charge on any atom is 0.129 e. The van der Waals surface area contributed by atoms with Gasteiger partial charge in [0.15, 0.2) is 0 Å². The molecule has 0 radical (unpaired) electrons. The summed E-state index contributed by atoms with van der Waals surface area (Å²) in [5.41, 5.74) is 0. The van der Waals surface area contributed by atoms with Crippen LogP contribution in [0.25, 0.3) is 0 Å². The monoisotopic (exact) mass is 160 g/mol. The molecule has 0 aromatic rings. The van der Waals surface area contributed by atoms with Gasteiger partial charge in [0.05, 0.1) is 6.04 Å². The average molecular weight is 160 g/mol. The average Bonchev–Trinajstić information content (AvgIpc) is 2.30. The summed E-state index contributed by atoms with van der Waals surface area (Å²) in [4.78, 5) is 4.12. The Bertz CT molecular complexity index is 127. The van der Waals surface area contributed by atoms with Gasteiger partial charge in [0.25, 0.3) is 0 Å². The fourth-order valence-corrected chi connectivity index (χ4v) is 1.57. The number of halogens is 1. The number of likely N-dealkylation sites (tertiary alicyclic amines) is 1. The van der Waals surface area contributed by atoms with Crippen molar-refractivity contribution in [2.75, 3.05) is 33.7 Å². The lowest BCUT2D eigenvalue weighted by Crippen LogP contribution is -2.36. The zero-order valence-corrected chi connectivity index (χ0v) is 7.55. The van der Waals surface area contributed by atoms with E-state index in [2.05, 4.69) is 11.8 Å². The van der Waals surface area contributed by atoms with Crippen LogP contribution in [0.15, 0.2) is 0 Å². The molecule has 1 fully saturated rings.